The number of hydrogen-bond donors (Lipinski definition) is 1. The molecular formula is C21H22Cl2N2O3. The summed E-state index contributed by atoms with van der Waals surface area (Å²) in [5, 5.41) is 15.3. The van der Waals surface area contributed by atoms with Crippen LogP contribution in [0, 0.1) is 24.0 Å². The molecule has 1 unspecified atom stereocenters. The molecule has 1 N–H and O–H groups in total. The topological polar surface area (TPSA) is 64.4 Å². The normalized spacial score (nSPS) is 12.9. The molecule has 0 bridgehead atoms. The second-order valence-electron chi connectivity index (χ2n) is 6.40. The molecule has 148 valence electrons. The number of nitrogens with one attached hydrogen (secondary N) is 1. The zero-order valence-electron chi connectivity index (χ0n) is 16.1. The maximum absolute atomic E-state index is 10.9. The number of anilines is 1. The van der Waals surface area contributed by atoms with Crippen LogP contribution in [-0.2, 0) is 0 Å². The van der Waals surface area contributed by atoms with Crippen LogP contribution in [0.2, 0.25) is 5.02 Å². The van der Waals surface area contributed by atoms with Crippen molar-refractivity contribution in [1.82, 2.24) is 0 Å². The van der Waals surface area contributed by atoms with E-state index in [1.165, 1.54) is 12.1 Å². The summed E-state index contributed by atoms with van der Waals surface area (Å²) in [5.74, 6) is 1.03. The van der Waals surface area contributed by atoms with E-state index < -0.39 is 4.92 Å². The minimum absolute atomic E-state index is 0.00264. The first kappa shape index (κ1) is 21.8. The van der Waals surface area contributed by atoms with Crippen molar-refractivity contribution in [2.24, 2.45) is 0 Å². The number of hydrogen-bond acceptors (Lipinski definition) is 4. The number of aryl methyl sites for hydroxylation is 2. The van der Waals surface area contributed by atoms with E-state index in [1.54, 1.807) is 19.1 Å². The molecule has 2 aromatic rings. The van der Waals surface area contributed by atoms with Gasteiger partial charge in [-0.05, 0) is 69.2 Å². The van der Waals surface area contributed by atoms with Gasteiger partial charge in [0.2, 0.25) is 0 Å². The smallest absolute Gasteiger partial charge is 0.269 e. The third kappa shape index (κ3) is 5.75. The van der Waals surface area contributed by atoms with Gasteiger partial charge in [0.25, 0.3) is 5.69 Å². The van der Waals surface area contributed by atoms with Crippen LogP contribution in [0.25, 0.3) is 0 Å². The fourth-order valence-corrected chi connectivity index (χ4v) is 3.29. The molecule has 0 aliphatic carbocycles. The van der Waals surface area contributed by atoms with E-state index in [4.69, 9.17) is 27.9 Å². The minimum atomic E-state index is -0.437. The van der Waals surface area contributed by atoms with Crippen LogP contribution in [0.15, 0.2) is 53.6 Å². The summed E-state index contributed by atoms with van der Waals surface area (Å²) >= 11 is 12.5. The number of allylic oxidation sites excluding steroid dienone is 3. The van der Waals surface area contributed by atoms with Crippen molar-refractivity contribution in [3.05, 3.63) is 79.9 Å². The van der Waals surface area contributed by atoms with Crippen LogP contribution in [0.5, 0.6) is 11.5 Å². The molecule has 1 atom stereocenters. The highest BCUT2D eigenvalue weighted by molar-refractivity contribution is 6.32. The Labute approximate surface area is 174 Å². The molecule has 0 saturated carbocycles. The van der Waals surface area contributed by atoms with Gasteiger partial charge in [0.15, 0.2) is 0 Å². The number of non-ortho nitro benzene ring substituents is 1. The molecule has 0 aromatic heterocycles. The quantitative estimate of drug-likeness (QED) is 0.293. The molecule has 0 aliphatic rings. The summed E-state index contributed by atoms with van der Waals surface area (Å²) in [6.07, 6.45) is 5.59. The molecule has 0 fully saturated rings. The van der Waals surface area contributed by atoms with Gasteiger partial charge in [-0.3, -0.25) is 10.1 Å². The molecule has 0 amide bonds. The lowest BCUT2D eigenvalue weighted by Crippen LogP contribution is -2.12. The van der Waals surface area contributed by atoms with Crippen molar-refractivity contribution in [3.8, 4) is 11.5 Å². The average Bonchev–Trinajstić information content (AvgIpc) is 2.59. The van der Waals surface area contributed by atoms with Crippen molar-refractivity contribution in [3.63, 3.8) is 0 Å². The lowest BCUT2D eigenvalue weighted by molar-refractivity contribution is -0.384. The first-order chi connectivity index (χ1) is 13.2. The monoisotopic (exact) mass is 420 g/mol. The van der Waals surface area contributed by atoms with Gasteiger partial charge in [-0.25, -0.2) is 0 Å². The van der Waals surface area contributed by atoms with E-state index in [9.17, 15) is 10.1 Å². The molecular weight excluding hydrogens is 399 g/mol. The number of nitro benzene ring substituents is 1. The number of ether oxygens (including phenoxy) is 1. The second kappa shape index (κ2) is 9.62. The van der Waals surface area contributed by atoms with Crippen LogP contribution in [0.1, 0.15) is 25.0 Å². The molecule has 2 rings (SSSR count). The highest BCUT2D eigenvalue weighted by Crippen LogP contribution is 2.37. The molecule has 0 radical (unpaired) electrons. The van der Waals surface area contributed by atoms with Crippen LogP contribution in [0.4, 0.5) is 11.4 Å². The zero-order chi connectivity index (χ0) is 20.8. The van der Waals surface area contributed by atoms with E-state index >= 15 is 0 Å². The van der Waals surface area contributed by atoms with Gasteiger partial charge in [0, 0.05) is 28.9 Å². The van der Waals surface area contributed by atoms with E-state index in [-0.39, 0.29) is 11.7 Å². The lowest BCUT2D eigenvalue weighted by Gasteiger charge is -2.17. The Hall–Kier alpha value is -2.50. The molecule has 0 spiro atoms. The maximum atomic E-state index is 10.9. The van der Waals surface area contributed by atoms with Crippen molar-refractivity contribution < 1.29 is 9.66 Å². The highest BCUT2D eigenvalue weighted by atomic mass is 35.5. The van der Waals surface area contributed by atoms with Gasteiger partial charge in [-0.1, -0.05) is 29.3 Å². The fraction of sp³-hybridized carbons (Fsp3) is 0.238. The van der Waals surface area contributed by atoms with Crippen LogP contribution in [0.3, 0.4) is 0 Å². The summed E-state index contributed by atoms with van der Waals surface area (Å²) in [6.45, 7) is 7.53. The van der Waals surface area contributed by atoms with E-state index in [2.05, 4.69) is 5.32 Å². The van der Waals surface area contributed by atoms with E-state index in [0.717, 1.165) is 11.3 Å². The summed E-state index contributed by atoms with van der Waals surface area (Å²) in [4.78, 5) is 10.4. The third-order valence-corrected chi connectivity index (χ3v) is 4.47. The van der Waals surface area contributed by atoms with Crippen molar-refractivity contribution >= 4 is 34.6 Å². The Balaban J connectivity index is 2.22. The van der Waals surface area contributed by atoms with Crippen LogP contribution < -0.4 is 10.1 Å². The molecule has 5 nitrogen and oxygen atoms in total. The van der Waals surface area contributed by atoms with Gasteiger partial charge in [0.1, 0.15) is 11.5 Å². The Morgan fingerprint density at radius 1 is 1.25 bits per heavy atom. The minimum Gasteiger partial charge on any atom is -0.455 e. The molecule has 2 aromatic carbocycles. The number of rotatable bonds is 7. The molecule has 0 heterocycles. The Morgan fingerprint density at radius 2 is 1.96 bits per heavy atom. The molecule has 7 heteroatoms. The SMILES string of the molecule is C/C=C\C(Cl)=C/C(C)Nc1cc(C)c(Oc2ccc([N+](=O)[O-])cc2C)c(Cl)c1. The van der Waals surface area contributed by atoms with Gasteiger partial charge in [-0.15, -0.1) is 0 Å². The number of benzene rings is 2. The molecule has 28 heavy (non-hydrogen) atoms. The summed E-state index contributed by atoms with van der Waals surface area (Å²) in [6, 6.07) is 8.16. The predicted octanol–water partition coefficient (Wildman–Crippen LogP) is 7.16. The second-order valence-corrected chi connectivity index (χ2v) is 7.24. The fourth-order valence-electron chi connectivity index (χ4n) is 2.67. The summed E-state index contributed by atoms with van der Waals surface area (Å²) in [7, 11) is 0. The third-order valence-electron chi connectivity index (χ3n) is 3.94. The van der Waals surface area contributed by atoms with E-state index in [0.29, 0.717) is 27.1 Å². The van der Waals surface area contributed by atoms with Crippen molar-refractivity contribution in [2.75, 3.05) is 5.32 Å². The lowest BCUT2D eigenvalue weighted by atomic mass is 10.1. The Morgan fingerprint density at radius 3 is 2.54 bits per heavy atom. The van der Waals surface area contributed by atoms with Crippen molar-refractivity contribution in [1.29, 1.82) is 0 Å². The molecule has 0 aliphatic heterocycles. The highest BCUT2D eigenvalue weighted by Gasteiger charge is 2.14. The van der Waals surface area contributed by atoms with Gasteiger partial charge in [-0.2, -0.15) is 0 Å². The standard InChI is InChI=1S/C21H22Cl2N2O3/c1-5-6-16(22)11-15(4)24-17-9-14(3)21(19(23)12-17)28-20-8-7-18(25(26)27)10-13(20)2/h5-12,15,24H,1-4H3/b6-5-,16-11+. The van der Waals surface area contributed by atoms with Gasteiger partial charge in [0.05, 0.1) is 9.95 Å². The van der Waals surface area contributed by atoms with Gasteiger partial charge < -0.3 is 10.1 Å². The van der Waals surface area contributed by atoms with Crippen molar-refractivity contribution in [2.45, 2.75) is 33.7 Å². The van der Waals surface area contributed by atoms with Gasteiger partial charge >= 0.3 is 0 Å². The predicted molar refractivity (Wildman–Crippen MR) is 116 cm³/mol. The largest absolute Gasteiger partial charge is 0.455 e. The Kier molecular flexibility index (Phi) is 7.49. The number of nitrogens with zero attached hydrogens (tertiary/aromatic N) is 1. The zero-order valence-corrected chi connectivity index (χ0v) is 17.6. The maximum Gasteiger partial charge on any atom is 0.269 e. The number of halogens is 2. The Bertz CT molecular complexity index is 916. The average molecular weight is 421 g/mol. The molecule has 0 saturated heterocycles. The first-order valence-electron chi connectivity index (χ1n) is 8.71. The van der Waals surface area contributed by atoms with E-state index in [1.807, 2.05) is 45.1 Å². The first-order valence-corrected chi connectivity index (χ1v) is 9.46. The van der Waals surface area contributed by atoms with Crippen LogP contribution >= 0.6 is 23.2 Å². The summed E-state index contributed by atoms with van der Waals surface area (Å²) in [5.41, 5.74) is 2.35. The summed E-state index contributed by atoms with van der Waals surface area (Å²) < 4.78 is 5.94. The number of nitro groups is 1. The van der Waals surface area contributed by atoms with Crippen LogP contribution in [-0.4, -0.2) is 11.0 Å².